The van der Waals surface area contributed by atoms with Gasteiger partial charge in [-0.15, -0.1) is 12.4 Å². The van der Waals surface area contributed by atoms with E-state index in [9.17, 15) is 13.2 Å². The van der Waals surface area contributed by atoms with Crippen LogP contribution in [0.3, 0.4) is 0 Å². The number of nitrogens with zero attached hydrogens (tertiary/aromatic N) is 3. The van der Waals surface area contributed by atoms with Crippen LogP contribution in [0.5, 0.6) is 0 Å². The van der Waals surface area contributed by atoms with Gasteiger partial charge in [-0.1, -0.05) is 0 Å². The number of alkyl halides is 3. The van der Waals surface area contributed by atoms with Crippen LogP contribution in [0.2, 0.25) is 0 Å². The predicted octanol–water partition coefficient (Wildman–Crippen LogP) is 2.44. The lowest BCUT2D eigenvalue weighted by atomic mass is 10.2. The number of nitrogens with two attached hydrogens (primary N) is 1. The molecule has 0 unspecified atom stereocenters. The van der Waals surface area contributed by atoms with Crippen molar-refractivity contribution in [2.75, 3.05) is 0 Å². The normalized spacial score (nSPS) is 13.4. The highest BCUT2D eigenvalue weighted by Crippen LogP contribution is 2.22. The number of rotatable bonds is 2. The molecule has 0 aliphatic heterocycles. The van der Waals surface area contributed by atoms with E-state index < -0.39 is 12.7 Å². The lowest BCUT2D eigenvalue weighted by Gasteiger charge is -2.08. The maximum Gasteiger partial charge on any atom is 0.408 e. The van der Waals surface area contributed by atoms with Crippen LogP contribution in [-0.4, -0.2) is 20.9 Å². The highest BCUT2D eigenvalue weighted by molar-refractivity contribution is 5.85. The van der Waals surface area contributed by atoms with Crippen molar-refractivity contribution >= 4 is 23.3 Å². The molecule has 0 bridgehead atoms. The molecule has 0 saturated heterocycles. The monoisotopic (exact) mass is 280 g/mol. The van der Waals surface area contributed by atoms with Crippen LogP contribution in [0.4, 0.5) is 13.2 Å². The second-order valence-corrected chi connectivity index (χ2v) is 3.87. The van der Waals surface area contributed by atoms with Gasteiger partial charge in [-0.3, -0.25) is 9.67 Å². The summed E-state index contributed by atoms with van der Waals surface area (Å²) in [4.78, 5) is 4.02. The summed E-state index contributed by atoms with van der Waals surface area (Å²) >= 11 is 0. The molecular formula is C10H12ClF3N4. The largest absolute Gasteiger partial charge is 0.408 e. The molecule has 2 N–H and O–H groups in total. The second-order valence-electron chi connectivity index (χ2n) is 3.87. The summed E-state index contributed by atoms with van der Waals surface area (Å²) in [6.07, 6.45) is -1.54. The third-order valence-electron chi connectivity index (χ3n) is 2.34. The molecule has 0 radical (unpaired) electrons. The Kier molecular flexibility index (Phi) is 4.18. The van der Waals surface area contributed by atoms with Gasteiger partial charge in [0.1, 0.15) is 6.54 Å². The quantitative estimate of drug-likeness (QED) is 0.919. The highest BCUT2D eigenvalue weighted by Gasteiger charge is 2.29. The zero-order chi connectivity index (χ0) is 12.6. The lowest BCUT2D eigenvalue weighted by Crippen LogP contribution is -2.18. The first-order valence-electron chi connectivity index (χ1n) is 5.00. The van der Waals surface area contributed by atoms with E-state index in [1.807, 2.05) is 0 Å². The first-order valence-corrected chi connectivity index (χ1v) is 5.00. The summed E-state index contributed by atoms with van der Waals surface area (Å²) in [7, 11) is 0. The summed E-state index contributed by atoms with van der Waals surface area (Å²) in [5.41, 5.74) is 6.63. The van der Waals surface area contributed by atoms with Gasteiger partial charge in [0.05, 0.1) is 23.6 Å². The van der Waals surface area contributed by atoms with Crippen molar-refractivity contribution in [2.45, 2.75) is 25.7 Å². The summed E-state index contributed by atoms with van der Waals surface area (Å²) < 4.78 is 37.6. The first kappa shape index (κ1) is 14.7. The molecule has 0 amide bonds. The molecule has 2 rings (SSSR count). The van der Waals surface area contributed by atoms with Crippen LogP contribution < -0.4 is 5.73 Å². The number of fused-ring (bicyclic) bond motifs is 1. The Morgan fingerprint density at radius 2 is 2.06 bits per heavy atom. The van der Waals surface area contributed by atoms with Crippen LogP contribution in [0.15, 0.2) is 18.5 Å². The second kappa shape index (κ2) is 5.11. The van der Waals surface area contributed by atoms with Crippen LogP contribution in [0.25, 0.3) is 10.9 Å². The van der Waals surface area contributed by atoms with Crippen molar-refractivity contribution in [1.29, 1.82) is 0 Å². The Labute approximate surface area is 107 Å². The van der Waals surface area contributed by atoms with Crippen LogP contribution >= 0.6 is 12.4 Å². The minimum absolute atomic E-state index is 0. The Morgan fingerprint density at radius 3 is 2.61 bits per heavy atom. The van der Waals surface area contributed by atoms with Gasteiger partial charge in [0.25, 0.3) is 0 Å². The fraction of sp³-hybridized carbons (Fsp3) is 0.400. The fourth-order valence-electron chi connectivity index (χ4n) is 1.54. The molecule has 0 saturated carbocycles. The van der Waals surface area contributed by atoms with E-state index in [1.54, 1.807) is 13.0 Å². The number of pyridine rings is 1. The van der Waals surface area contributed by atoms with E-state index in [4.69, 9.17) is 5.73 Å². The van der Waals surface area contributed by atoms with E-state index in [2.05, 4.69) is 10.1 Å². The molecule has 0 aliphatic carbocycles. The van der Waals surface area contributed by atoms with Crippen LogP contribution in [0.1, 0.15) is 18.7 Å². The van der Waals surface area contributed by atoms with Gasteiger partial charge >= 0.3 is 6.18 Å². The molecule has 0 aromatic carbocycles. The van der Waals surface area contributed by atoms with E-state index in [1.165, 1.54) is 12.4 Å². The highest BCUT2D eigenvalue weighted by atomic mass is 35.5. The van der Waals surface area contributed by atoms with Crippen molar-refractivity contribution in [2.24, 2.45) is 5.73 Å². The zero-order valence-electron chi connectivity index (χ0n) is 9.48. The van der Waals surface area contributed by atoms with Gasteiger partial charge in [-0.2, -0.15) is 18.3 Å². The zero-order valence-corrected chi connectivity index (χ0v) is 10.3. The van der Waals surface area contributed by atoms with Gasteiger partial charge in [0.15, 0.2) is 0 Å². The van der Waals surface area contributed by atoms with Gasteiger partial charge in [0, 0.05) is 11.4 Å². The molecule has 100 valence electrons. The number of aromatic nitrogens is 3. The molecule has 2 heterocycles. The summed E-state index contributed by atoms with van der Waals surface area (Å²) in [5.74, 6) is 0. The maximum absolute atomic E-state index is 12.3. The molecule has 8 heteroatoms. The smallest absolute Gasteiger partial charge is 0.323 e. The van der Waals surface area contributed by atoms with Gasteiger partial charge in [0.2, 0.25) is 0 Å². The number of hydrogen-bond acceptors (Lipinski definition) is 3. The van der Waals surface area contributed by atoms with Gasteiger partial charge in [-0.25, -0.2) is 0 Å². The van der Waals surface area contributed by atoms with E-state index in [0.717, 1.165) is 4.68 Å². The topological polar surface area (TPSA) is 56.7 Å². The van der Waals surface area contributed by atoms with Crippen LogP contribution in [0, 0.1) is 0 Å². The van der Waals surface area contributed by atoms with Crippen molar-refractivity contribution in [3.05, 3.63) is 24.2 Å². The third-order valence-corrected chi connectivity index (χ3v) is 2.34. The molecule has 0 aliphatic rings. The SMILES string of the molecule is C[C@@H](N)c1cc2cnn(CC(F)(F)F)c2cn1.Cl. The molecule has 0 fully saturated rings. The minimum Gasteiger partial charge on any atom is -0.323 e. The molecule has 2 aromatic heterocycles. The Hall–Kier alpha value is -1.34. The average molecular weight is 281 g/mol. The summed E-state index contributed by atoms with van der Waals surface area (Å²) in [6, 6.07) is 1.39. The van der Waals surface area contributed by atoms with Crippen LogP contribution in [-0.2, 0) is 6.54 Å². The van der Waals surface area contributed by atoms with E-state index >= 15 is 0 Å². The third kappa shape index (κ3) is 3.11. The first-order chi connectivity index (χ1) is 7.87. The molecule has 0 spiro atoms. The summed E-state index contributed by atoms with van der Waals surface area (Å²) in [6.45, 7) is 0.643. The Morgan fingerprint density at radius 1 is 1.39 bits per heavy atom. The van der Waals surface area contributed by atoms with Crippen molar-refractivity contribution in [3.63, 3.8) is 0 Å². The molecule has 2 aromatic rings. The maximum atomic E-state index is 12.3. The average Bonchev–Trinajstić information content (AvgIpc) is 2.58. The number of hydrogen-bond donors (Lipinski definition) is 1. The van der Waals surface area contributed by atoms with Gasteiger partial charge in [-0.05, 0) is 13.0 Å². The lowest BCUT2D eigenvalue weighted by molar-refractivity contribution is -0.141. The Bertz CT molecular complexity index is 535. The predicted molar refractivity (Wildman–Crippen MR) is 63.4 cm³/mol. The fourth-order valence-corrected chi connectivity index (χ4v) is 1.54. The van der Waals surface area contributed by atoms with E-state index in [0.29, 0.717) is 16.6 Å². The Balaban J connectivity index is 0.00000162. The standard InChI is InChI=1S/C10H11F3N4.ClH/c1-6(14)8-2-7-3-16-17(5-10(11,12)13)9(7)4-15-8;/h2-4,6H,5,14H2,1H3;1H/t6-;/m1./s1. The van der Waals surface area contributed by atoms with E-state index in [-0.39, 0.29) is 18.4 Å². The van der Waals surface area contributed by atoms with Crippen molar-refractivity contribution in [1.82, 2.24) is 14.8 Å². The molecule has 1 atom stereocenters. The summed E-state index contributed by atoms with van der Waals surface area (Å²) in [5, 5.41) is 4.30. The molecule has 18 heavy (non-hydrogen) atoms. The molecular weight excluding hydrogens is 269 g/mol. The number of halogens is 4. The van der Waals surface area contributed by atoms with Crippen molar-refractivity contribution in [3.8, 4) is 0 Å². The van der Waals surface area contributed by atoms with Crippen molar-refractivity contribution < 1.29 is 13.2 Å². The minimum atomic E-state index is -4.29. The molecule has 4 nitrogen and oxygen atoms in total. The van der Waals surface area contributed by atoms with Gasteiger partial charge < -0.3 is 5.73 Å².